The molecule has 0 bridgehead atoms. The van der Waals surface area contributed by atoms with Gasteiger partial charge in [0.25, 0.3) is 17.3 Å². The minimum absolute atomic E-state index is 0.170. The lowest BCUT2D eigenvalue weighted by atomic mass is 10.1. The second-order valence-corrected chi connectivity index (χ2v) is 4.83. The van der Waals surface area contributed by atoms with Crippen LogP contribution >= 0.6 is 11.6 Å². The first-order valence-corrected chi connectivity index (χ1v) is 6.65. The molecule has 10 heteroatoms. The van der Waals surface area contributed by atoms with E-state index in [1.54, 1.807) is 12.1 Å². The van der Waals surface area contributed by atoms with E-state index in [0.29, 0.717) is 0 Å². The molecule has 0 atom stereocenters. The van der Waals surface area contributed by atoms with Gasteiger partial charge in [-0.3, -0.25) is 25.0 Å². The zero-order chi connectivity index (χ0) is 17.9. The molecular formula is C14H7ClN4O5. The van der Waals surface area contributed by atoms with E-state index in [1.807, 2.05) is 6.07 Å². The number of rotatable bonds is 4. The van der Waals surface area contributed by atoms with E-state index in [-0.39, 0.29) is 16.8 Å². The van der Waals surface area contributed by atoms with Crippen molar-refractivity contribution in [2.45, 2.75) is 0 Å². The lowest BCUT2D eigenvalue weighted by molar-refractivity contribution is -0.393. The Bertz CT molecular complexity index is 871. The number of anilines is 1. The van der Waals surface area contributed by atoms with Crippen molar-refractivity contribution in [1.29, 1.82) is 5.26 Å². The monoisotopic (exact) mass is 346 g/mol. The summed E-state index contributed by atoms with van der Waals surface area (Å²) >= 11 is 5.63. The van der Waals surface area contributed by atoms with Crippen LogP contribution in [-0.4, -0.2) is 15.8 Å². The van der Waals surface area contributed by atoms with Crippen molar-refractivity contribution >= 4 is 34.6 Å². The highest BCUT2D eigenvalue weighted by atomic mass is 35.5. The van der Waals surface area contributed by atoms with Gasteiger partial charge in [0.15, 0.2) is 5.02 Å². The fraction of sp³-hybridized carbons (Fsp3) is 0. The minimum Gasteiger partial charge on any atom is -0.321 e. The maximum Gasteiger partial charge on any atom is 0.295 e. The number of carbonyl (C=O) groups excluding carboxylic acids is 1. The van der Waals surface area contributed by atoms with Crippen LogP contribution in [0.3, 0.4) is 0 Å². The molecule has 2 rings (SSSR count). The predicted molar refractivity (Wildman–Crippen MR) is 83.9 cm³/mol. The van der Waals surface area contributed by atoms with Gasteiger partial charge in [-0.15, -0.1) is 0 Å². The summed E-state index contributed by atoms with van der Waals surface area (Å²) in [4.78, 5) is 32.3. The number of carbonyl (C=O) groups is 1. The van der Waals surface area contributed by atoms with E-state index >= 15 is 0 Å². The number of nitro benzene ring substituents is 2. The van der Waals surface area contributed by atoms with Crippen LogP contribution in [0.15, 0.2) is 36.4 Å². The van der Waals surface area contributed by atoms with Crippen molar-refractivity contribution < 1.29 is 14.6 Å². The summed E-state index contributed by atoms with van der Waals surface area (Å²) in [5, 5.41) is 32.6. The van der Waals surface area contributed by atoms with E-state index in [0.717, 1.165) is 12.1 Å². The Labute approximate surface area is 139 Å². The molecular weight excluding hydrogens is 340 g/mol. The summed E-state index contributed by atoms with van der Waals surface area (Å²) in [6.07, 6.45) is 0. The minimum atomic E-state index is -0.921. The van der Waals surface area contributed by atoms with Crippen LogP contribution in [0.25, 0.3) is 0 Å². The van der Waals surface area contributed by atoms with E-state index < -0.39 is 32.2 Å². The lowest BCUT2D eigenvalue weighted by Crippen LogP contribution is -2.13. The third kappa shape index (κ3) is 3.29. The quantitative estimate of drug-likeness (QED) is 0.665. The standard InChI is InChI=1S/C14H7ClN4O5/c15-13-11(18(21)22)5-9(6-12(13)19(23)24)14(20)17-10-4-2-1-3-8(10)7-16/h1-6H,(H,17,20). The van der Waals surface area contributed by atoms with Gasteiger partial charge in [-0.1, -0.05) is 23.7 Å². The van der Waals surface area contributed by atoms with Gasteiger partial charge in [0.2, 0.25) is 0 Å². The Hall–Kier alpha value is -3.51. The molecule has 1 amide bonds. The SMILES string of the molecule is N#Cc1ccccc1NC(=O)c1cc([N+](=O)[O-])c(Cl)c([N+](=O)[O-])c1. The Morgan fingerprint density at radius 3 is 2.17 bits per heavy atom. The van der Waals surface area contributed by atoms with Crippen molar-refractivity contribution in [3.63, 3.8) is 0 Å². The smallest absolute Gasteiger partial charge is 0.295 e. The third-order valence-electron chi connectivity index (χ3n) is 2.99. The van der Waals surface area contributed by atoms with Gasteiger partial charge in [-0.25, -0.2) is 0 Å². The summed E-state index contributed by atoms with van der Waals surface area (Å²) in [6, 6.07) is 9.61. The van der Waals surface area contributed by atoms with Crippen molar-refractivity contribution in [2.24, 2.45) is 0 Å². The molecule has 120 valence electrons. The van der Waals surface area contributed by atoms with E-state index in [4.69, 9.17) is 16.9 Å². The molecule has 0 saturated heterocycles. The average Bonchev–Trinajstić information content (AvgIpc) is 2.54. The fourth-order valence-electron chi connectivity index (χ4n) is 1.88. The van der Waals surface area contributed by atoms with Crippen molar-refractivity contribution in [3.05, 3.63) is 72.8 Å². The van der Waals surface area contributed by atoms with E-state index in [2.05, 4.69) is 5.32 Å². The molecule has 0 aliphatic rings. The molecule has 0 heterocycles. The van der Waals surface area contributed by atoms with Crippen molar-refractivity contribution in [1.82, 2.24) is 0 Å². The van der Waals surface area contributed by atoms with Gasteiger partial charge in [0, 0.05) is 12.1 Å². The Morgan fingerprint density at radius 1 is 1.12 bits per heavy atom. The number of hydrogen-bond donors (Lipinski definition) is 1. The highest BCUT2D eigenvalue weighted by Crippen LogP contribution is 2.35. The molecule has 0 spiro atoms. The highest BCUT2D eigenvalue weighted by molar-refractivity contribution is 6.35. The number of nitro groups is 2. The Morgan fingerprint density at radius 2 is 1.67 bits per heavy atom. The number of benzene rings is 2. The molecule has 0 radical (unpaired) electrons. The van der Waals surface area contributed by atoms with Gasteiger partial charge >= 0.3 is 0 Å². The van der Waals surface area contributed by atoms with Crippen LogP contribution in [-0.2, 0) is 0 Å². The summed E-state index contributed by atoms with van der Waals surface area (Å²) in [6.45, 7) is 0. The first kappa shape index (κ1) is 16.9. The third-order valence-corrected chi connectivity index (χ3v) is 3.37. The molecule has 2 aromatic rings. The molecule has 2 aromatic carbocycles. The summed E-state index contributed by atoms with van der Waals surface area (Å²) < 4.78 is 0. The second kappa shape index (κ2) is 6.72. The molecule has 0 unspecified atom stereocenters. The van der Waals surface area contributed by atoms with Crippen LogP contribution < -0.4 is 5.32 Å². The molecule has 0 aliphatic carbocycles. The fourth-order valence-corrected chi connectivity index (χ4v) is 2.12. The molecule has 24 heavy (non-hydrogen) atoms. The molecule has 9 nitrogen and oxygen atoms in total. The molecule has 0 fully saturated rings. The maximum absolute atomic E-state index is 12.2. The zero-order valence-electron chi connectivity index (χ0n) is 11.7. The van der Waals surface area contributed by atoms with E-state index in [9.17, 15) is 25.0 Å². The first-order valence-electron chi connectivity index (χ1n) is 6.28. The van der Waals surface area contributed by atoms with Crippen LogP contribution in [0.4, 0.5) is 17.1 Å². The van der Waals surface area contributed by atoms with Gasteiger partial charge < -0.3 is 5.32 Å². The molecule has 0 aromatic heterocycles. The number of nitrogens with one attached hydrogen (secondary N) is 1. The Balaban J connectivity index is 2.48. The second-order valence-electron chi connectivity index (χ2n) is 4.45. The lowest BCUT2D eigenvalue weighted by Gasteiger charge is -2.07. The molecule has 1 N–H and O–H groups in total. The summed E-state index contributed by atoms with van der Waals surface area (Å²) in [7, 11) is 0. The number of amides is 1. The van der Waals surface area contributed by atoms with Gasteiger partial charge in [0.1, 0.15) is 6.07 Å². The summed E-state index contributed by atoms with van der Waals surface area (Å²) in [5.41, 5.74) is -1.51. The molecule has 0 aliphatic heterocycles. The number of hydrogen-bond acceptors (Lipinski definition) is 6. The summed E-state index contributed by atoms with van der Waals surface area (Å²) in [5.74, 6) is -0.847. The van der Waals surface area contributed by atoms with Crippen LogP contribution in [0.2, 0.25) is 5.02 Å². The van der Waals surface area contributed by atoms with Crippen LogP contribution in [0, 0.1) is 31.6 Å². The predicted octanol–water partition coefficient (Wildman–Crippen LogP) is 3.28. The van der Waals surface area contributed by atoms with Gasteiger partial charge in [-0.05, 0) is 12.1 Å². The largest absolute Gasteiger partial charge is 0.321 e. The van der Waals surface area contributed by atoms with Gasteiger partial charge in [-0.2, -0.15) is 5.26 Å². The van der Waals surface area contributed by atoms with Gasteiger partial charge in [0.05, 0.1) is 26.7 Å². The Kier molecular flexibility index (Phi) is 4.72. The number of para-hydroxylation sites is 1. The zero-order valence-corrected chi connectivity index (χ0v) is 12.5. The maximum atomic E-state index is 12.2. The number of nitrogens with zero attached hydrogens (tertiary/aromatic N) is 3. The topological polar surface area (TPSA) is 139 Å². The molecule has 0 saturated carbocycles. The first-order chi connectivity index (χ1) is 11.3. The van der Waals surface area contributed by atoms with Crippen LogP contribution in [0.5, 0.6) is 0 Å². The van der Waals surface area contributed by atoms with Crippen molar-refractivity contribution in [3.8, 4) is 6.07 Å². The normalized spacial score (nSPS) is 9.83. The highest BCUT2D eigenvalue weighted by Gasteiger charge is 2.27. The number of nitriles is 1. The van der Waals surface area contributed by atoms with E-state index in [1.165, 1.54) is 12.1 Å². The van der Waals surface area contributed by atoms with Crippen molar-refractivity contribution in [2.75, 3.05) is 5.32 Å². The van der Waals surface area contributed by atoms with Crippen LogP contribution in [0.1, 0.15) is 15.9 Å². The number of halogens is 1. The average molecular weight is 347 g/mol.